The second kappa shape index (κ2) is 9.31. The van der Waals surface area contributed by atoms with E-state index >= 15 is 0 Å². The highest BCUT2D eigenvalue weighted by atomic mass is 16.3. The lowest BCUT2D eigenvalue weighted by atomic mass is 10.0. The third-order valence-electron chi connectivity index (χ3n) is 6.76. The molecule has 3 aromatic heterocycles. The van der Waals surface area contributed by atoms with Crippen LogP contribution in [0.15, 0.2) is 51.9 Å². The summed E-state index contributed by atoms with van der Waals surface area (Å²) in [6, 6.07) is 12.4. The molecule has 0 amide bonds. The number of nitrogens with one attached hydrogen (secondary N) is 1. The molecule has 8 heteroatoms. The van der Waals surface area contributed by atoms with Gasteiger partial charge in [0.05, 0.1) is 12.3 Å². The van der Waals surface area contributed by atoms with Crippen molar-refractivity contribution in [3.05, 3.63) is 75.7 Å². The molecule has 8 nitrogen and oxygen atoms in total. The van der Waals surface area contributed by atoms with Crippen molar-refractivity contribution in [2.45, 2.75) is 71.1 Å². The number of pyridine rings is 1. The summed E-state index contributed by atoms with van der Waals surface area (Å²) < 4.78 is 7.34. The van der Waals surface area contributed by atoms with Crippen LogP contribution >= 0.6 is 0 Å². The van der Waals surface area contributed by atoms with Gasteiger partial charge >= 0.3 is 0 Å². The van der Waals surface area contributed by atoms with Gasteiger partial charge in [-0.1, -0.05) is 31.9 Å². The van der Waals surface area contributed by atoms with Crippen molar-refractivity contribution in [3.63, 3.8) is 0 Å². The molecular weight excluding hydrogens is 416 g/mol. The van der Waals surface area contributed by atoms with Gasteiger partial charge in [0.2, 0.25) is 0 Å². The van der Waals surface area contributed by atoms with E-state index in [1.165, 1.54) is 12.8 Å². The van der Waals surface area contributed by atoms with E-state index in [1.807, 2.05) is 35.9 Å². The van der Waals surface area contributed by atoms with E-state index in [9.17, 15) is 4.79 Å². The standard InChI is InChI=1S/C25H30N6O2/c1-3-23(24-27-28-29-31(24)16-21-9-6-12-33-21)30(20-7-4-5-8-20)15-19-14-18-11-10-17(2)13-22(18)26-25(19)32/h6,9-14,20,23H,3-5,7-8,15-16H2,1-2H3,(H,26,32)/t23-/m1/s1. The Kier molecular flexibility index (Phi) is 6.09. The lowest BCUT2D eigenvalue weighted by Gasteiger charge is -2.35. The first-order chi connectivity index (χ1) is 16.1. The topological polar surface area (TPSA) is 92.8 Å². The first-order valence-corrected chi connectivity index (χ1v) is 11.8. The fourth-order valence-electron chi connectivity index (χ4n) is 5.08. The minimum Gasteiger partial charge on any atom is -0.467 e. The number of benzene rings is 1. The predicted octanol–water partition coefficient (Wildman–Crippen LogP) is 4.36. The first kappa shape index (κ1) is 21.6. The van der Waals surface area contributed by atoms with Gasteiger partial charge < -0.3 is 9.40 Å². The zero-order valence-electron chi connectivity index (χ0n) is 19.2. The summed E-state index contributed by atoms with van der Waals surface area (Å²) in [6.07, 6.45) is 7.18. The van der Waals surface area contributed by atoms with Crippen molar-refractivity contribution in [2.24, 2.45) is 0 Å². The number of aryl methyl sites for hydroxylation is 1. The van der Waals surface area contributed by atoms with Crippen LogP contribution in [0.1, 0.15) is 67.8 Å². The summed E-state index contributed by atoms with van der Waals surface area (Å²) in [5.74, 6) is 1.63. The van der Waals surface area contributed by atoms with E-state index in [4.69, 9.17) is 4.42 Å². The number of aromatic amines is 1. The van der Waals surface area contributed by atoms with Gasteiger partial charge in [-0.15, -0.1) is 5.10 Å². The number of rotatable bonds is 8. The zero-order valence-corrected chi connectivity index (χ0v) is 19.2. The van der Waals surface area contributed by atoms with Gasteiger partial charge in [-0.25, -0.2) is 4.68 Å². The zero-order chi connectivity index (χ0) is 22.8. The van der Waals surface area contributed by atoms with E-state index in [0.717, 1.165) is 52.9 Å². The predicted molar refractivity (Wildman–Crippen MR) is 126 cm³/mol. The van der Waals surface area contributed by atoms with Crippen LogP contribution in [-0.2, 0) is 13.1 Å². The molecule has 0 spiro atoms. The maximum Gasteiger partial charge on any atom is 0.252 e. The lowest BCUT2D eigenvalue weighted by molar-refractivity contribution is 0.112. The molecule has 1 aliphatic carbocycles. The number of hydrogen-bond acceptors (Lipinski definition) is 6. The van der Waals surface area contributed by atoms with Crippen molar-refractivity contribution in [3.8, 4) is 0 Å². The number of aromatic nitrogens is 5. The van der Waals surface area contributed by atoms with Gasteiger partial charge in [0, 0.05) is 23.7 Å². The Labute approximate surface area is 192 Å². The number of H-pyrrole nitrogens is 1. The van der Waals surface area contributed by atoms with Crippen LogP contribution < -0.4 is 5.56 Å². The smallest absolute Gasteiger partial charge is 0.252 e. The largest absolute Gasteiger partial charge is 0.467 e. The van der Waals surface area contributed by atoms with E-state index in [0.29, 0.717) is 19.1 Å². The van der Waals surface area contributed by atoms with E-state index in [2.05, 4.69) is 44.5 Å². The van der Waals surface area contributed by atoms with Crippen LogP contribution in [0.2, 0.25) is 0 Å². The third kappa shape index (κ3) is 4.48. The fraction of sp³-hybridized carbons (Fsp3) is 0.440. The third-order valence-corrected chi connectivity index (χ3v) is 6.76. The fourth-order valence-corrected chi connectivity index (χ4v) is 5.08. The summed E-state index contributed by atoms with van der Waals surface area (Å²) in [5.41, 5.74) is 2.77. The Bertz CT molecular complexity index is 1270. The Hall–Kier alpha value is -3.26. The molecular formula is C25H30N6O2. The van der Waals surface area contributed by atoms with Crippen LogP contribution in [0.5, 0.6) is 0 Å². The molecule has 4 aromatic rings. The minimum absolute atomic E-state index is 0.00572. The SMILES string of the molecule is CC[C@H](c1nnnn1Cc1ccco1)N(Cc1cc2ccc(C)cc2[nH]c1=O)C1CCCC1. The molecule has 5 rings (SSSR count). The molecule has 1 atom stereocenters. The van der Waals surface area contributed by atoms with Crippen LogP contribution in [0.4, 0.5) is 0 Å². The average Bonchev–Trinajstić information content (AvgIpc) is 3.58. The monoisotopic (exact) mass is 446 g/mol. The molecule has 0 radical (unpaired) electrons. The molecule has 33 heavy (non-hydrogen) atoms. The molecule has 0 unspecified atom stereocenters. The highest BCUT2D eigenvalue weighted by molar-refractivity contribution is 5.79. The average molecular weight is 447 g/mol. The number of fused-ring (bicyclic) bond motifs is 1. The molecule has 0 saturated heterocycles. The molecule has 0 aliphatic heterocycles. The Morgan fingerprint density at radius 3 is 2.85 bits per heavy atom. The molecule has 0 bridgehead atoms. The number of hydrogen-bond donors (Lipinski definition) is 1. The van der Waals surface area contributed by atoms with Gasteiger partial charge in [0.15, 0.2) is 5.82 Å². The molecule has 3 heterocycles. The second-order valence-corrected chi connectivity index (χ2v) is 9.02. The van der Waals surface area contributed by atoms with Crippen LogP contribution in [0.25, 0.3) is 10.9 Å². The molecule has 1 saturated carbocycles. The molecule has 1 N–H and O–H groups in total. The number of tetrazole rings is 1. The van der Waals surface area contributed by atoms with Crippen molar-refractivity contribution >= 4 is 10.9 Å². The Morgan fingerprint density at radius 2 is 2.09 bits per heavy atom. The first-order valence-electron chi connectivity index (χ1n) is 11.8. The van der Waals surface area contributed by atoms with Crippen LogP contribution in [0, 0.1) is 6.92 Å². The van der Waals surface area contributed by atoms with Gasteiger partial charge in [-0.2, -0.15) is 0 Å². The molecule has 172 valence electrons. The summed E-state index contributed by atoms with van der Waals surface area (Å²) in [4.78, 5) is 18.6. The van der Waals surface area contributed by atoms with Crippen molar-refractivity contribution in [1.29, 1.82) is 0 Å². The minimum atomic E-state index is -0.0267. The van der Waals surface area contributed by atoms with Gasteiger partial charge in [-0.3, -0.25) is 9.69 Å². The highest BCUT2D eigenvalue weighted by Crippen LogP contribution is 2.33. The van der Waals surface area contributed by atoms with Crippen molar-refractivity contribution in [1.82, 2.24) is 30.1 Å². The lowest BCUT2D eigenvalue weighted by Crippen LogP contribution is -2.39. The summed E-state index contributed by atoms with van der Waals surface area (Å²) in [7, 11) is 0. The number of nitrogens with zero attached hydrogens (tertiary/aromatic N) is 5. The molecule has 1 fully saturated rings. The molecule has 1 aliphatic rings. The van der Waals surface area contributed by atoms with Gasteiger partial charge in [0.25, 0.3) is 5.56 Å². The van der Waals surface area contributed by atoms with Crippen molar-refractivity contribution in [2.75, 3.05) is 0 Å². The Balaban J connectivity index is 1.50. The number of furan rings is 1. The maximum absolute atomic E-state index is 13.0. The van der Waals surface area contributed by atoms with E-state index < -0.39 is 0 Å². The quantitative estimate of drug-likeness (QED) is 0.432. The van der Waals surface area contributed by atoms with Crippen molar-refractivity contribution < 1.29 is 4.42 Å². The summed E-state index contributed by atoms with van der Waals surface area (Å²) in [6.45, 7) is 5.24. The van der Waals surface area contributed by atoms with Gasteiger partial charge in [-0.05, 0) is 71.8 Å². The van der Waals surface area contributed by atoms with Gasteiger partial charge in [0.1, 0.15) is 12.3 Å². The Morgan fingerprint density at radius 1 is 1.24 bits per heavy atom. The van der Waals surface area contributed by atoms with Crippen LogP contribution in [-0.4, -0.2) is 36.1 Å². The van der Waals surface area contributed by atoms with E-state index in [-0.39, 0.29) is 11.6 Å². The normalized spacial score (nSPS) is 15.6. The van der Waals surface area contributed by atoms with Crippen LogP contribution in [0.3, 0.4) is 0 Å². The highest BCUT2D eigenvalue weighted by Gasteiger charge is 2.32. The summed E-state index contributed by atoms with van der Waals surface area (Å²) in [5, 5.41) is 13.7. The second-order valence-electron chi connectivity index (χ2n) is 9.02. The summed E-state index contributed by atoms with van der Waals surface area (Å²) >= 11 is 0. The molecule has 1 aromatic carbocycles. The maximum atomic E-state index is 13.0. The van der Waals surface area contributed by atoms with E-state index in [1.54, 1.807) is 6.26 Å².